The van der Waals surface area contributed by atoms with Crippen LogP contribution in [-0.4, -0.2) is 15.7 Å². The molecule has 0 saturated heterocycles. The van der Waals surface area contributed by atoms with Gasteiger partial charge in [0.15, 0.2) is 0 Å². The molecule has 0 unspecified atom stereocenters. The molecule has 154 valence electrons. The van der Waals surface area contributed by atoms with Crippen molar-refractivity contribution < 1.29 is 9.18 Å². The summed E-state index contributed by atoms with van der Waals surface area (Å²) < 4.78 is 15.9. The molecule has 4 aliphatic carbocycles. The smallest absolute Gasteiger partial charge is 0.230 e. The van der Waals surface area contributed by atoms with E-state index in [-0.39, 0.29) is 23.7 Å². The van der Waals surface area contributed by atoms with Crippen molar-refractivity contribution in [1.29, 1.82) is 0 Å². The molecule has 0 spiro atoms. The third-order valence-electron chi connectivity index (χ3n) is 7.51. The molecule has 1 heterocycles. The highest BCUT2D eigenvalue weighted by Gasteiger charge is 2.54. The van der Waals surface area contributed by atoms with Gasteiger partial charge in [-0.15, -0.1) is 0 Å². The van der Waals surface area contributed by atoms with E-state index in [0.717, 1.165) is 54.1 Å². The van der Waals surface area contributed by atoms with E-state index in [9.17, 15) is 9.18 Å². The molecule has 2 aromatic rings. The first-order valence-corrected chi connectivity index (χ1v) is 11.0. The fraction of sp³-hybridized carbons (Fsp3) is 0.565. The van der Waals surface area contributed by atoms with Crippen LogP contribution in [0, 0.1) is 42.8 Å². The van der Waals surface area contributed by atoms with Crippen LogP contribution in [0.25, 0.3) is 0 Å². The number of benzene rings is 1. The van der Waals surface area contributed by atoms with Crippen LogP contribution >= 0.6 is 11.6 Å². The molecule has 1 amide bonds. The minimum Gasteiger partial charge on any atom is -0.322 e. The summed E-state index contributed by atoms with van der Waals surface area (Å²) in [6.07, 6.45) is 7.02. The SMILES string of the molecule is Cc1nn(Cc2c(F)cccc2Cl)c(C)c1NC(=O)C12CC3CC(CC(C3)C1)C2. The fourth-order valence-electron chi connectivity index (χ4n) is 6.50. The van der Waals surface area contributed by atoms with Crippen LogP contribution in [-0.2, 0) is 11.3 Å². The van der Waals surface area contributed by atoms with Gasteiger partial charge >= 0.3 is 0 Å². The average molecular weight is 416 g/mol. The third-order valence-corrected chi connectivity index (χ3v) is 7.86. The first kappa shape index (κ1) is 19.1. The van der Waals surface area contributed by atoms with Gasteiger partial charge in [-0.3, -0.25) is 9.48 Å². The third kappa shape index (κ3) is 3.18. The number of aryl methyl sites for hydroxylation is 1. The Hall–Kier alpha value is -1.88. The van der Waals surface area contributed by atoms with E-state index in [1.807, 2.05) is 13.8 Å². The molecular formula is C23H27ClFN3O. The summed E-state index contributed by atoms with van der Waals surface area (Å²) in [5.41, 5.74) is 2.56. The van der Waals surface area contributed by atoms with Crippen molar-refractivity contribution in [2.75, 3.05) is 5.32 Å². The Morgan fingerprint density at radius 3 is 2.41 bits per heavy atom. The molecule has 1 N–H and O–H groups in total. The standard InChI is InChI=1S/C23H27ClFN3O/c1-13-21(14(2)28(27-13)12-18-19(24)4-3-5-20(18)25)26-22(29)23-9-15-6-16(10-23)8-17(7-15)11-23/h3-5,15-17H,6-12H2,1-2H3,(H,26,29). The zero-order chi connectivity index (χ0) is 20.3. The van der Waals surface area contributed by atoms with Crippen molar-refractivity contribution >= 4 is 23.2 Å². The van der Waals surface area contributed by atoms with Crippen LogP contribution in [0.1, 0.15) is 55.5 Å². The Labute approximate surface area is 175 Å². The number of hydrogen-bond acceptors (Lipinski definition) is 2. The fourth-order valence-corrected chi connectivity index (χ4v) is 6.72. The Balaban J connectivity index is 1.39. The second kappa shape index (κ2) is 6.83. The Morgan fingerprint density at radius 2 is 1.83 bits per heavy atom. The van der Waals surface area contributed by atoms with Gasteiger partial charge in [-0.05, 0) is 82.3 Å². The summed E-state index contributed by atoms with van der Waals surface area (Å²) in [5.74, 6) is 1.98. The predicted molar refractivity (Wildman–Crippen MR) is 111 cm³/mol. The lowest BCUT2D eigenvalue weighted by Gasteiger charge is -2.55. The van der Waals surface area contributed by atoms with E-state index < -0.39 is 0 Å². The minimum atomic E-state index is -0.343. The summed E-state index contributed by atoms with van der Waals surface area (Å²) in [6, 6.07) is 4.68. The number of hydrogen-bond donors (Lipinski definition) is 1. The molecule has 4 fully saturated rings. The lowest BCUT2D eigenvalue weighted by atomic mass is 9.49. The first-order chi connectivity index (χ1) is 13.8. The van der Waals surface area contributed by atoms with E-state index in [0.29, 0.717) is 10.6 Å². The lowest BCUT2D eigenvalue weighted by Crippen LogP contribution is -2.51. The number of nitrogens with one attached hydrogen (secondary N) is 1. The molecule has 29 heavy (non-hydrogen) atoms. The van der Waals surface area contributed by atoms with Crippen LogP contribution in [0.5, 0.6) is 0 Å². The number of carbonyl (C=O) groups excluding carboxylic acids is 1. The van der Waals surface area contributed by atoms with Crippen molar-refractivity contribution in [2.45, 2.75) is 58.9 Å². The topological polar surface area (TPSA) is 46.9 Å². The van der Waals surface area contributed by atoms with Gasteiger partial charge in [0.2, 0.25) is 5.91 Å². The Bertz CT molecular complexity index is 927. The molecule has 6 rings (SSSR count). The number of halogens is 2. The van der Waals surface area contributed by atoms with Gasteiger partial charge in [-0.1, -0.05) is 17.7 Å². The van der Waals surface area contributed by atoms with Crippen molar-refractivity contribution in [1.82, 2.24) is 9.78 Å². The van der Waals surface area contributed by atoms with Gasteiger partial charge in [0.25, 0.3) is 0 Å². The summed E-state index contributed by atoms with van der Waals surface area (Å²) in [7, 11) is 0. The first-order valence-electron chi connectivity index (χ1n) is 10.6. The molecule has 0 atom stereocenters. The summed E-state index contributed by atoms with van der Waals surface area (Å²) in [6.45, 7) is 4.05. The highest BCUT2D eigenvalue weighted by molar-refractivity contribution is 6.31. The van der Waals surface area contributed by atoms with E-state index in [1.165, 1.54) is 25.3 Å². The molecule has 1 aromatic carbocycles. The minimum absolute atomic E-state index is 0.159. The Morgan fingerprint density at radius 1 is 1.21 bits per heavy atom. The monoisotopic (exact) mass is 415 g/mol. The van der Waals surface area contributed by atoms with Crippen LogP contribution < -0.4 is 5.32 Å². The lowest BCUT2D eigenvalue weighted by molar-refractivity contribution is -0.140. The van der Waals surface area contributed by atoms with Crippen LogP contribution in [0.4, 0.5) is 10.1 Å². The van der Waals surface area contributed by atoms with Crippen molar-refractivity contribution in [3.05, 3.63) is 46.0 Å². The van der Waals surface area contributed by atoms with E-state index in [4.69, 9.17) is 11.6 Å². The number of amides is 1. The quantitative estimate of drug-likeness (QED) is 0.717. The van der Waals surface area contributed by atoms with Crippen LogP contribution in [0.3, 0.4) is 0 Å². The second-order valence-corrected chi connectivity index (χ2v) is 9.96. The molecule has 4 aliphatic rings. The van der Waals surface area contributed by atoms with E-state index >= 15 is 0 Å². The molecular weight excluding hydrogens is 389 g/mol. The number of carbonyl (C=O) groups is 1. The van der Waals surface area contributed by atoms with Gasteiger partial charge in [-0.25, -0.2) is 4.39 Å². The van der Waals surface area contributed by atoms with Crippen molar-refractivity contribution in [2.24, 2.45) is 23.2 Å². The zero-order valence-electron chi connectivity index (χ0n) is 17.0. The molecule has 1 aromatic heterocycles. The van der Waals surface area contributed by atoms with Crippen molar-refractivity contribution in [3.63, 3.8) is 0 Å². The number of anilines is 1. The summed E-state index contributed by atoms with van der Waals surface area (Å²) in [5, 5.41) is 8.17. The molecule has 4 saturated carbocycles. The van der Waals surface area contributed by atoms with Crippen molar-refractivity contribution in [3.8, 4) is 0 Å². The summed E-state index contributed by atoms with van der Waals surface area (Å²) in [4.78, 5) is 13.4. The van der Waals surface area contributed by atoms with Gasteiger partial charge in [0.1, 0.15) is 5.82 Å². The molecule has 0 radical (unpaired) electrons. The van der Waals surface area contributed by atoms with Crippen LogP contribution in [0.15, 0.2) is 18.2 Å². The highest BCUT2D eigenvalue weighted by Crippen LogP contribution is 2.60. The highest BCUT2D eigenvalue weighted by atomic mass is 35.5. The largest absolute Gasteiger partial charge is 0.322 e. The Kier molecular flexibility index (Phi) is 4.50. The molecule has 6 heteroatoms. The van der Waals surface area contributed by atoms with E-state index in [1.54, 1.807) is 16.8 Å². The number of nitrogens with zero attached hydrogens (tertiary/aromatic N) is 2. The van der Waals surface area contributed by atoms with Gasteiger partial charge in [0.05, 0.1) is 29.0 Å². The van der Waals surface area contributed by atoms with E-state index in [2.05, 4.69) is 10.4 Å². The maximum atomic E-state index is 14.2. The maximum Gasteiger partial charge on any atom is 0.230 e. The maximum absolute atomic E-state index is 14.2. The van der Waals surface area contributed by atoms with Gasteiger partial charge < -0.3 is 5.32 Å². The normalized spacial score (nSPS) is 30.0. The number of rotatable bonds is 4. The number of aromatic nitrogens is 2. The second-order valence-electron chi connectivity index (χ2n) is 9.56. The average Bonchev–Trinajstić information content (AvgIpc) is 2.91. The molecule has 4 bridgehead atoms. The molecule has 0 aliphatic heterocycles. The van der Waals surface area contributed by atoms with Gasteiger partial charge in [0, 0.05) is 10.6 Å². The van der Waals surface area contributed by atoms with Crippen LogP contribution in [0.2, 0.25) is 5.02 Å². The van der Waals surface area contributed by atoms with Gasteiger partial charge in [-0.2, -0.15) is 5.10 Å². The zero-order valence-corrected chi connectivity index (χ0v) is 17.7. The predicted octanol–water partition coefficient (Wildman–Crippen LogP) is 5.50. The molecule has 4 nitrogen and oxygen atoms in total. The summed E-state index contributed by atoms with van der Waals surface area (Å²) >= 11 is 6.19.